The van der Waals surface area contributed by atoms with E-state index in [1.807, 2.05) is 0 Å². The van der Waals surface area contributed by atoms with Gasteiger partial charge in [-0.05, 0) is 54.5 Å². The quantitative estimate of drug-likeness (QED) is 0.904. The lowest BCUT2D eigenvalue weighted by atomic mass is 10.00. The molecule has 98 valence electrons. The van der Waals surface area contributed by atoms with Crippen LogP contribution in [0.15, 0.2) is 16.8 Å². The molecule has 1 saturated carbocycles. The minimum atomic E-state index is 0.204. The van der Waals surface area contributed by atoms with Crippen LogP contribution in [0.3, 0.4) is 0 Å². The van der Waals surface area contributed by atoms with Crippen molar-refractivity contribution in [3.8, 4) is 0 Å². The Morgan fingerprint density at radius 1 is 1.56 bits per heavy atom. The van der Waals surface area contributed by atoms with E-state index >= 15 is 0 Å². The topological polar surface area (TPSA) is 32.3 Å². The third-order valence-corrected chi connectivity index (χ3v) is 4.71. The summed E-state index contributed by atoms with van der Waals surface area (Å²) >= 11 is 1.76. The Labute approximate surface area is 112 Å². The van der Waals surface area contributed by atoms with Gasteiger partial charge >= 0.3 is 0 Å². The Morgan fingerprint density at radius 2 is 2.39 bits per heavy atom. The molecule has 2 atom stereocenters. The minimum Gasteiger partial charge on any atom is -0.352 e. The molecule has 1 amide bonds. The number of nitrogens with one attached hydrogen (secondary N) is 1. The van der Waals surface area contributed by atoms with Crippen molar-refractivity contribution in [3.05, 3.63) is 22.4 Å². The number of amides is 1. The Morgan fingerprint density at radius 3 is 3.06 bits per heavy atom. The summed E-state index contributed by atoms with van der Waals surface area (Å²) in [6.07, 6.45) is 3.51. The average Bonchev–Trinajstić information content (AvgIpc) is 2.86. The molecular weight excluding hydrogens is 244 g/mol. The van der Waals surface area contributed by atoms with Crippen LogP contribution in [0.2, 0.25) is 0 Å². The monoisotopic (exact) mass is 264 g/mol. The highest BCUT2D eigenvalue weighted by Gasteiger charge is 2.32. The summed E-state index contributed by atoms with van der Waals surface area (Å²) < 4.78 is 0. The number of carbonyl (C=O) groups excluding carboxylic acids is 1. The van der Waals surface area contributed by atoms with Gasteiger partial charge < -0.3 is 5.32 Å². The number of hydrogen-bond acceptors (Lipinski definition) is 3. The first-order chi connectivity index (χ1) is 8.72. The van der Waals surface area contributed by atoms with Crippen LogP contribution in [0, 0.1) is 0 Å². The summed E-state index contributed by atoms with van der Waals surface area (Å²) in [7, 11) is 0. The third-order valence-electron chi connectivity index (χ3n) is 4.01. The number of hydrogen-bond donors (Lipinski definition) is 1. The molecule has 0 aromatic carbocycles. The van der Waals surface area contributed by atoms with Gasteiger partial charge in [0.1, 0.15) is 0 Å². The van der Waals surface area contributed by atoms with Crippen molar-refractivity contribution in [2.75, 3.05) is 13.1 Å². The van der Waals surface area contributed by atoms with Gasteiger partial charge in [-0.2, -0.15) is 11.3 Å². The molecule has 1 aliphatic carbocycles. The smallest absolute Gasteiger partial charge is 0.234 e. The van der Waals surface area contributed by atoms with Gasteiger partial charge in [-0.3, -0.25) is 9.69 Å². The van der Waals surface area contributed by atoms with Gasteiger partial charge in [-0.15, -0.1) is 0 Å². The lowest BCUT2D eigenvalue weighted by molar-refractivity contribution is -0.122. The normalized spacial score (nSPS) is 28.5. The summed E-state index contributed by atoms with van der Waals surface area (Å²) in [5.41, 5.74) is 1.44. The van der Waals surface area contributed by atoms with Gasteiger partial charge in [0.2, 0.25) is 5.91 Å². The van der Waals surface area contributed by atoms with Gasteiger partial charge in [0.15, 0.2) is 0 Å². The van der Waals surface area contributed by atoms with Gasteiger partial charge in [0.05, 0.1) is 6.54 Å². The van der Waals surface area contributed by atoms with Crippen LogP contribution in [-0.4, -0.2) is 36.0 Å². The molecule has 3 nitrogen and oxygen atoms in total. The van der Waals surface area contributed by atoms with Gasteiger partial charge in [0, 0.05) is 18.6 Å². The number of nitrogens with zero attached hydrogens (tertiary/aromatic N) is 1. The van der Waals surface area contributed by atoms with E-state index in [0.29, 0.717) is 24.5 Å². The second-order valence-corrected chi connectivity index (χ2v) is 6.39. The van der Waals surface area contributed by atoms with E-state index in [1.165, 1.54) is 24.8 Å². The third kappa shape index (κ3) is 2.75. The molecule has 1 aromatic rings. The fourth-order valence-electron chi connectivity index (χ4n) is 2.75. The van der Waals surface area contributed by atoms with E-state index < -0.39 is 0 Å². The second kappa shape index (κ2) is 5.02. The number of likely N-dealkylation sites (tertiary alicyclic amines) is 1. The summed E-state index contributed by atoms with van der Waals surface area (Å²) in [6, 6.07) is 3.21. The van der Waals surface area contributed by atoms with Crippen LogP contribution >= 0.6 is 11.3 Å². The molecule has 2 aliphatic rings. The van der Waals surface area contributed by atoms with Crippen LogP contribution in [0.4, 0.5) is 0 Å². The van der Waals surface area contributed by atoms with Crippen molar-refractivity contribution >= 4 is 17.2 Å². The van der Waals surface area contributed by atoms with E-state index in [-0.39, 0.29) is 5.91 Å². The molecule has 3 rings (SSSR count). The molecule has 0 spiro atoms. The molecule has 2 fully saturated rings. The number of thiophene rings is 1. The van der Waals surface area contributed by atoms with E-state index in [4.69, 9.17) is 0 Å². The number of rotatable bonds is 4. The van der Waals surface area contributed by atoms with Gasteiger partial charge in [-0.1, -0.05) is 0 Å². The van der Waals surface area contributed by atoms with Crippen LogP contribution in [0.1, 0.15) is 37.7 Å². The zero-order chi connectivity index (χ0) is 12.5. The minimum absolute atomic E-state index is 0.204. The van der Waals surface area contributed by atoms with Crippen molar-refractivity contribution in [3.63, 3.8) is 0 Å². The van der Waals surface area contributed by atoms with Crippen molar-refractivity contribution in [2.45, 2.75) is 44.2 Å². The van der Waals surface area contributed by atoms with Gasteiger partial charge in [0.25, 0.3) is 0 Å². The second-order valence-electron chi connectivity index (χ2n) is 5.61. The van der Waals surface area contributed by atoms with Crippen LogP contribution in [-0.2, 0) is 4.79 Å². The van der Waals surface area contributed by atoms with E-state index in [2.05, 4.69) is 34.0 Å². The summed E-state index contributed by atoms with van der Waals surface area (Å²) in [4.78, 5) is 14.2. The maximum atomic E-state index is 11.8. The van der Waals surface area contributed by atoms with Crippen LogP contribution < -0.4 is 5.32 Å². The van der Waals surface area contributed by atoms with Crippen molar-refractivity contribution < 1.29 is 4.79 Å². The van der Waals surface area contributed by atoms with Crippen molar-refractivity contribution in [1.82, 2.24) is 10.2 Å². The molecule has 1 N–H and O–H groups in total. The highest BCUT2D eigenvalue weighted by molar-refractivity contribution is 7.07. The first-order valence-corrected chi connectivity index (χ1v) is 7.72. The van der Waals surface area contributed by atoms with E-state index in [0.717, 1.165) is 6.54 Å². The predicted octanol–water partition coefficient (Wildman–Crippen LogP) is 2.20. The molecule has 18 heavy (non-hydrogen) atoms. The van der Waals surface area contributed by atoms with Crippen LogP contribution in [0.25, 0.3) is 0 Å². The Kier molecular flexibility index (Phi) is 3.39. The van der Waals surface area contributed by atoms with E-state index in [1.54, 1.807) is 11.3 Å². The standard InChI is InChI=1S/C14H20N2OS/c1-10-6-12(11-4-5-18-9-11)7-16(10)8-14(17)15-13-2-3-13/h4-5,9-10,12-13H,2-3,6-8H2,1H3,(H,15,17)/t10-,12-/m0/s1. The fourth-order valence-corrected chi connectivity index (χ4v) is 3.50. The Balaban J connectivity index is 1.55. The molecule has 2 heterocycles. The summed E-state index contributed by atoms with van der Waals surface area (Å²) in [5.74, 6) is 0.815. The Bertz CT molecular complexity index is 413. The molecular formula is C14H20N2OS. The highest BCUT2D eigenvalue weighted by Crippen LogP contribution is 2.32. The lowest BCUT2D eigenvalue weighted by Gasteiger charge is -2.20. The first-order valence-electron chi connectivity index (χ1n) is 6.78. The summed E-state index contributed by atoms with van der Waals surface area (Å²) in [6.45, 7) is 3.82. The molecule has 1 aliphatic heterocycles. The zero-order valence-corrected chi connectivity index (χ0v) is 11.6. The SMILES string of the molecule is C[C@H]1C[C@H](c2ccsc2)CN1CC(=O)NC1CC1. The summed E-state index contributed by atoms with van der Waals surface area (Å²) in [5, 5.41) is 7.45. The van der Waals surface area contributed by atoms with Crippen molar-refractivity contribution in [2.24, 2.45) is 0 Å². The largest absolute Gasteiger partial charge is 0.352 e. The fraction of sp³-hybridized carbons (Fsp3) is 0.643. The van der Waals surface area contributed by atoms with Crippen LogP contribution in [0.5, 0.6) is 0 Å². The van der Waals surface area contributed by atoms with Gasteiger partial charge in [-0.25, -0.2) is 0 Å². The van der Waals surface area contributed by atoms with E-state index in [9.17, 15) is 4.79 Å². The molecule has 0 unspecified atom stereocenters. The first kappa shape index (κ1) is 12.2. The lowest BCUT2D eigenvalue weighted by Crippen LogP contribution is -2.39. The highest BCUT2D eigenvalue weighted by atomic mass is 32.1. The molecule has 0 bridgehead atoms. The molecule has 1 saturated heterocycles. The predicted molar refractivity (Wildman–Crippen MR) is 73.9 cm³/mol. The number of carbonyl (C=O) groups is 1. The molecule has 1 aromatic heterocycles. The molecule has 0 radical (unpaired) electrons. The van der Waals surface area contributed by atoms with Crippen molar-refractivity contribution in [1.29, 1.82) is 0 Å². The maximum Gasteiger partial charge on any atom is 0.234 e. The zero-order valence-electron chi connectivity index (χ0n) is 10.8. The molecule has 4 heteroatoms. The average molecular weight is 264 g/mol. The maximum absolute atomic E-state index is 11.8. The Hall–Kier alpha value is -0.870.